The fraction of sp³-hybridized carbons (Fsp3) is 0.167. The van der Waals surface area contributed by atoms with Gasteiger partial charge in [-0.25, -0.2) is 0 Å². The van der Waals surface area contributed by atoms with Crippen molar-refractivity contribution in [3.8, 4) is 23.0 Å². The van der Waals surface area contributed by atoms with E-state index in [1.54, 1.807) is 23.8 Å². The molecule has 0 aliphatic rings. The van der Waals surface area contributed by atoms with Gasteiger partial charge < -0.3 is 19.4 Å². The average Bonchev–Trinajstić information content (AvgIpc) is 3.46. The normalized spacial score (nSPS) is 11.1. The van der Waals surface area contributed by atoms with E-state index in [4.69, 9.17) is 9.47 Å². The number of para-hydroxylation sites is 1. The highest BCUT2D eigenvalue weighted by molar-refractivity contribution is 5.83. The number of carbonyl (C=O) groups excluding carboxylic acids is 1. The highest BCUT2D eigenvalue weighted by Gasteiger charge is 2.11. The number of nitrogens with zero attached hydrogens (tertiary/aromatic N) is 5. The summed E-state index contributed by atoms with van der Waals surface area (Å²) >= 11 is 0. The zero-order valence-corrected chi connectivity index (χ0v) is 18.0. The molecule has 0 aliphatic carbocycles. The molecule has 9 nitrogen and oxygen atoms in total. The molecule has 5 aromatic rings. The van der Waals surface area contributed by atoms with Gasteiger partial charge in [-0.05, 0) is 35.7 Å². The molecule has 1 N–H and O–H groups in total. The van der Waals surface area contributed by atoms with E-state index in [1.165, 1.54) is 0 Å². The Morgan fingerprint density at radius 2 is 1.94 bits per heavy atom. The van der Waals surface area contributed by atoms with Gasteiger partial charge in [-0.1, -0.05) is 30.3 Å². The Labute approximate surface area is 189 Å². The molecule has 5 rings (SSSR count). The van der Waals surface area contributed by atoms with Crippen LogP contribution in [0.25, 0.3) is 27.9 Å². The van der Waals surface area contributed by atoms with Crippen LogP contribution in [0, 0.1) is 0 Å². The van der Waals surface area contributed by atoms with Gasteiger partial charge in [0.2, 0.25) is 11.8 Å². The summed E-state index contributed by atoms with van der Waals surface area (Å²) < 4.78 is 14.6. The number of hydrogen-bond acceptors (Lipinski definition) is 6. The lowest BCUT2D eigenvalue weighted by Crippen LogP contribution is -2.31. The van der Waals surface area contributed by atoms with Crippen LogP contribution in [0.5, 0.6) is 11.6 Å². The van der Waals surface area contributed by atoms with Crippen LogP contribution in [0.1, 0.15) is 0 Å². The van der Waals surface area contributed by atoms with Crippen molar-refractivity contribution < 1.29 is 14.3 Å². The standard InChI is InChI=1S/C24H22N6O3/c1-32-19-7-4-6-18(15-19)24-27-26-21-9-10-23(28-30(21)24)33-14-12-25-22(31)16-29-13-11-17-5-2-3-8-20(17)29/h2-11,13,15H,12,14,16H2,1H3,(H,25,31). The van der Waals surface area contributed by atoms with Gasteiger partial charge in [-0.2, -0.15) is 4.52 Å². The number of aromatic nitrogens is 5. The number of amides is 1. The van der Waals surface area contributed by atoms with Gasteiger partial charge in [-0.15, -0.1) is 15.3 Å². The SMILES string of the molecule is COc1cccc(-c2nnc3ccc(OCCNC(=O)Cn4ccc5ccccc54)nn23)c1. The molecule has 1 amide bonds. The lowest BCUT2D eigenvalue weighted by atomic mass is 10.2. The summed E-state index contributed by atoms with van der Waals surface area (Å²) in [6.45, 7) is 0.901. The maximum atomic E-state index is 12.3. The summed E-state index contributed by atoms with van der Waals surface area (Å²) in [4.78, 5) is 12.3. The summed E-state index contributed by atoms with van der Waals surface area (Å²) in [6.07, 6.45) is 1.92. The highest BCUT2D eigenvalue weighted by atomic mass is 16.5. The Morgan fingerprint density at radius 3 is 2.85 bits per heavy atom. The van der Waals surface area contributed by atoms with Crippen LogP contribution in [0.2, 0.25) is 0 Å². The molecular formula is C24H22N6O3. The molecule has 0 unspecified atom stereocenters. The number of ether oxygens (including phenoxy) is 2. The fourth-order valence-corrected chi connectivity index (χ4v) is 3.63. The second-order valence-electron chi connectivity index (χ2n) is 7.40. The summed E-state index contributed by atoms with van der Waals surface area (Å²) in [6, 6.07) is 21.0. The summed E-state index contributed by atoms with van der Waals surface area (Å²) in [5.74, 6) is 1.64. The van der Waals surface area contributed by atoms with E-state index in [0.717, 1.165) is 22.2 Å². The van der Waals surface area contributed by atoms with Crippen molar-refractivity contribution in [2.24, 2.45) is 0 Å². The maximum absolute atomic E-state index is 12.3. The number of benzene rings is 2. The first kappa shape index (κ1) is 20.5. The van der Waals surface area contributed by atoms with Crippen molar-refractivity contribution in [3.63, 3.8) is 0 Å². The van der Waals surface area contributed by atoms with Gasteiger partial charge in [-0.3, -0.25) is 4.79 Å². The minimum absolute atomic E-state index is 0.0810. The van der Waals surface area contributed by atoms with Crippen LogP contribution < -0.4 is 14.8 Å². The van der Waals surface area contributed by atoms with E-state index in [2.05, 4.69) is 20.6 Å². The third-order valence-electron chi connectivity index (χ3n) is 5.23. The zero-order valence-electron chi connectivity index (χ0n) is 18.0. The molecule has 3 aromatic heterocycles. The van der Waals surface area contributed by atoms with E-state index in [9.17, 15) is 4.79 Å². The van der Waals surface area contributed by atoms with Crippen LogP contribution in [-0.2, 0) is 11.3 Å². The van der Waals surface area contributed by atoms with Crippen molar-refractivity contribution in [3.05, 3.63) is 72.9 Å². The van der Waals surface area contributed by atoms with E-state index >= 15 is 0 Å². The quantitative estimate of drug-likeness (QED) is 0.371. The van der Waals surface area contributed by atoms with E-state index in [0.29, 0.717) is 23.9 Å². The Morgan fingerprint density at radius 1 is 1.03 bits per heavy atom. The van der Waals surface area contributed by atoms with Crippen molar-refractivity contribution in [1.29, 1.82) is 0 Å². The number of methoxy groups -OCH3 is 1. The average molecular weight is 442 g/mol. The molecule has 2 aromatic carbocycles. The third kappa shape index (κ3) is 4.33. The van der Waals surface area contributed by atoms with Gasteiger partial charge in [0, 0.05) is 23.3 Å². The predicted octanol–water partition coefficient (Wildman–Crippen LogP) is 2.95. The molecule has 166 valence electrons. The minimum Gasteiger partial charge on any atom is -0.497 e. The maximum Gasteiger partial charge on any atom is 0.240 e. The monoisotopic (exact) mass is 442 g/mol. The van der Waals surface area contributed by atoms with Crippen LogP contribution in [0.4, 0.5) is 0 Å². The molecule has 0 spiro atoms. The molecule has 9 heteroatoms. The third-order valence-corrected chi connectivity index (χ3v) is 5.23. The molecule has 33 heavy (non-hydrogen) atoms. The number of rotatable bonds is 8. The molecule has 0 atom stereocenters. The Bertz CT molecular complexity index is 1420. The molecule has 0 aliphatic heterocycles. The first-order valence-corrected chi connectivity index (χ1v) is 10.5. The molecule has 3 heterocycles. The van der Waals surface area contributed by atoms with Crippen LogP contribution >= 0.6 is 0 Å². The van der Waals surface area contributed by atoms with E-state index in [-0.39, 0.29) is 19.1 Å². The van der Waals surface area contributed by atoms with Gasteiger partial charge >= 0.3 is 0 Å². The highest BCUT2D eigenvalue weighted by Crippen LogP contribution is 2.23. The van der Waals surface area contributed by atoms with Crippen LogP contribution in [0.3, 0.4) is 0 Å². The summed E-state index contributed by atoms with van der Waals surface area (Å²) in [5.41, 5.74) is 2.46. The van der Waals surface area contributed by atoms with Crippen molar-refractivity contribution in [2.45, 2.75) is 6.54 Å². The Kier molecular flexibility index (Phi) is 5.59. The van der Waals surface area contributed by atoms with E-state index < -0.39 is 0 Å². The van der Waals surface area contributed by atoms with Gasteiger partial charge in [0.15, 0.2) is 11.5 Å². The Hall–Kier alpha value is -4.40. The number of hydrogen-bond donors (Lipinski definition) is 1. The number of fused-ring (bicyclic) bond motifs is 2. The van der Waals surface area contributed by atoms with Crippen molar-refractivity contribution in [2.75, 3.05) is 20.3 Å². The minimum atomic E-state index is -0.0810. The lowest BCUT2D eigenvalue weighted by Gasteiger charge is -2.09. The summed E-state index contributed by atoms with van der Waals surface area (Å²) in [5, 5.41) is 16.9. The topological polar surface area (TPSA) is 95.6 Å². The molecule has 0 fully saturated rings. The van der Waals surface area contributed by atoms with Gasteiger partial charge in [0.1, 0.15) is 18.9 Å². The second-order valence-corrected chi connectivity index (χ2v) is 7.40. The van der Waals surface area contributed by atoms with Crippen LogP contribution in [0.15, 0.2) is 72.9 Å². The fourth-order valence-electron chi connectivity index (χ4n) is 3.63. The molecule has 0 radical (unpaired) electrons. The lowest BCUT2D eigenvalue weighted by molar-refractivity contribution is -0.121. The smallest absolute Gasteiger partial charge is 0.240 e. The van der Waals surface area contributed by atoms with E-state index in [1.807, 2.05) is 65.4 Å². The second kappa shape index (κ2) is 8.99. The number of carbonyl (C=O) groups is 1. The first-order valence-electron chi connectivity index (χ1n) is 10.5. The summed E-state index contributed by atoms with van der Waals surface area (Å²) in [7, 11) is 1.62. The Balaban J connectivity index is 1.20. The first-order chi connectivity index (χ1) is 16.2. The molecule has 0 saturated heterocycles. The predicted molar refractivity (Wildman–Crippen MR) is 123 cm³/mol. The van der Waals surface area contributed by atoms with Crippen molar-refractivity contribution in [1.82, 2.24) is 29.7 Å². The zero-order chi connectivity index (χ0) is 22.6. The molecular weight excluding hydrogens is 420 g/mol. The van der Waals surface area contributed by atoms with Crippen LogP contribution in [-0.4, -0.2) is 50.5 Å². The van der Waals surface area contributed by atoms with Gasteiger partial charge in [0.25, 0.3) is 0 Å². The number of nitrogens with one attached hydrogen (secondary N) is 1. The molecule has 0 bridgehead atoms. The van der Waals surface area contributed by atoms with Gasteiger partial charge in [0.05, 0.1) is 13.7 Å². The molecule has 0 saturated carbocycles. The largest absolute Gasteiger partial charge is 0.497 e. The van der Waals surface area contributed by atoms with Crippen molar-refractivity contribution >= 4 is 22.5 Å².